The molecular weight excluding hydrogens is 361 g/mol. The van der Waals surface area contributed by atoms with Crippen LogP contribution < -0.4 is 10.7 Å². The first-order valence-corrected chi connectivity index (χ1v) is 9.40. The van der Waals surface area contributed by atoms with Crippen LogP contribution in [-0.4, -0.2) is 14.7 Å². The average Bonchev–Trinajstić information content (AvgIpc) is 2.65. The standard InChI is InChI=1S/C21H23BClNO3/c1-13(2)19(24-22-26-3)21-17(11-14-7-5-4-6-8-14)20(25)16-10-9-15(23)12-18(16)27-21/h4-10,12-13,19,22,24H,11H2,1-3H3. The molecule has 0 radical (unpaired) electrons. The summed E-state index contributed by atoms with van der Waals surface area (Å²) in [6.45, 7) is 4.17. The first-order valence-electron chi connectivity index (χ1n) is 9.02. The quantitative estimate of drug-likeness (QED) is 0.620. The van der Waals surface area contributed by atoms with E-state index in [2.05, 4.69) is 19.1 Å². The molecule has 0 aliphatic heterocycles. The third-order valence-electron chi connectivity index (χ3n) is 4.60. The number of hydrogen-bond donors (Lipinski definition) is 1. The van der Waals surface area contributed by atoms with Crippen molar-refractivity contribution in [1.29, 1.82) is 0 Å². The zero-order valence-corrected chi connectivity index (χ0v) is 16.5. The highest BCUT2D eigenvalue weighted by Crippen LogP contribution is 2.29. The highest BCUT2D eigenvalue weighted by molar-refractivity contribution is 6.31. The Morgan fingerprint density at radius 3 is 2.59 bits per heavy atom. The lowest BCUT2D eigenvalue weighted by molar-refractivity contribution is 0.356. The summed E-state index contributed by atoms with van der Waals surface area (Å²) >= 11 is 6.12. The van der Waals surface area contributed by atoms with E-state index in [1.165, 1.54) is 0 Å². The Bertz CT molecular complexity index is 972. The van der Waals surface area contributed by atoms with Gasteiger partial charge in [-0.1, -0.05) is 55.8 Å². The Morgan fingerprint density at radius 1 is 1.19 bits per heavy atom. The average molecular weight is 384 g/mol. The van der Waals surface area contributed by atoms with Crippen molar-refractivity contribution in [2.24, 2.45) is 5.92 Å². The lowest BCUT2D eigenvalue weighted by Gasteiger charge is -2.23. The summed E-state index contributed by atoms with van der Waals surface area (Å²) in [7, 11) is 2.00. The van der Waals surface area contributed by atoms with Crippen LogP contribution in [0.2, 0.25) is 5.02 Å². The van der Waals surface area contributed by atoms with Crippen molar-refractivity contribution in [2.75, 3.05) is 7.11 Å². The minimum absolute atomic E-state index is 0.0170. The van der Waals surface area contributed by atoms with Gasteiger partial charge in [0, 0.05) is 30.2 Å². The van der Waals surface area contributed by atoms with Crippen molar-refractivity contribution in [2.45, 2.75) is 26.3 Å². The predicted octanol–water partition coefficient (Wildman–Crippen LogP) is 4.24. The summed E-state index contributed by atoms with van der Waals surface area (Å²) in [6, 6.07) is 14.9. The molecule has 1 N–H and O–H groups in total. The Labute approximate surface area is 164 Å². The molecule has 0 fully saturated rings. The molecule has 6 heteroatoms. The van der Waals surface area contributed by atoms with E-state index in [4.69, 9.17) is 20.7 Å². The largest absolute Gasteiger partial charge is 0.459 e. The fraction of sp³-hybridized carbons (Fsp3) is 0.286. The summed E-state index contributed by atoms with van der Waals surface area (Å²) in [6.07, 6.45) is 0.509. The molecule has 3 aromatic rings. The monoisotopic (exact) mass is 383 g/mol. The summed E-state index contributed by atoms with van der Waals surface area (Å²) in [5.41, 5.74) is 2.22. The number of nitrogens with one attached hydrogen (secondary N) is 1. The normalized spacial score (nSPS) is 12.5. The van der Waals surface area contributed by atoms with Gasteiger partial charge < -0.3 is 14.3 Å². The van der Waals surface area contributed by atoms with Crippen LogP contribution >= 0.6 is 11.6 Å². The smallest absolute Gasteiger partial charge is 0.361 e. The zero-order valence-electron chi connectivity index (χ0n) is 15.8. The van der Waals surface area contributed by atoms with Crippen molar-refractivity contribution in [3.8, 4) is 0 Å². The number of benzene rings is 2. The van der Waals surface area contributed by atoms with Gasteiger partial charge >= 0.3 is 7.62 Å². The number of hydrogen-bond acceptors (Lipinski definition) is 4. The lowest BCUT2D eigenvalue weighted by Crippen LogP contribution is -2.32. The number of fused-ring (bicyclic) bond motifs is 1. The van der Waals surface area contributed by atoms with E-state index in [1.54, 1.807) is 25.3 Å². The van der Waals surface area contributed by atoms with E-state index < -0.39 is 0 Å². The van der Waals surface area contributed by atoms with Gasteiger partial charge in [0.25, 0.3) is 0 Å². The summed E-state index contributed by atoms with van der Waals surface area (Å²) in [5, 5.41) is 4.41. The summed E-state index contributed by atoms with van der Waals surface area (Å²) in [5.74, 6) is 0.847. The summed E-state index contributed by atoms with van der Waals surface area (Å²) < 4.78 is 11.4. The van der Waals surface area contributed by atoms with Gasteiger partial charge in [-0.2, -0.15) is 0 Å². The first-order chi connectivity index (χ1) is 13.0. The van der Waals surface area contributed by atoms with Gasteiger partial charge in [0.2, 0.25) is 0 Å². The molecule has 27 heavy (non-hydrogen) atoms. The molecule has 3 rings (SSSR count). The minimum Gasteiger partial charge on any atom is -0.459 e. The fourth-order valence-corrected chi connectivity index (χ4v) is 3.41. The van der Waals surface area contributed by atoms with E-state index in [-0.39, 0.29) is 17.4 Å². The van der Waals surface area contributed by atoms with Gasteiger partial charge in [-0.05, 0) is 23.6 Å². The van der Waals surface area contributed by atoms with Crippen molar-refractivity contribution >= 4 is 30.2 Å². The van der Waals surface area contributed by atoms with Crippen LogP contribution in [0.4, 0.5) is 0 Å². The third kappa shape index (κ3) is 4.43. The first kappa shape index (κ1) is 19.7. The molecule has 1 heterocycles. The highest BCUT2D eigenvalue weighted by Gasteiger charge is 2.25. The van der Waals surface area contributed by atoms with E-state index in [9.17, 15) is 4.79 Å². The second kappa shape index (κ2) is 8.74. The molecule has 0 aliphatic carbocycles. The van der Waals surface area contributed by atoms with E-state index in [0.29, 0.717) is 41.4 Å². The molecule has 0 amide bonds. The fourth-order valence-electron chi connectivity index (χ4n) is 3.25. The Kier molecular flexibility index (Phi) is 6.37. The SMILES string of the molecule is COBNC(c1oc2cc(Cl)ccc2c(=O)c1Cc1ccccc1)C(C)C. The minimum atomic E-state index is -0.153. The van der Waals surface area contributed by atoms with Gasteiger partial charge in [-0.25, -0.2) is 0 Å². The van der Waals surface area contributed by atoms with E-state index >= 15 is 0 Å². The van der Waals surface area contributed by atoms with Gasteiger partial charge in [-0.3, -0.25) is 4.79 Å². The zero-order chi connectivity index (χ0) is 19.4. The van der Waals surface area contributed by atoms with Gasteiger partial charge in [0.15, 0.2) is 5.43 Å². The Balaban J connectivity index is 2.21. The Hall–Kier alpha value is -2.08. The van der Waals surface area contributed by atoms with Crippen LogP contribution in [0.15, 0.2) is 57.7 Å². The maximum Gasteiger partial charge on any atom is 0.361 e. The van der Waals surface area contributed by atoms with Gasteiger partial charge in [-0.15, -0.1) is 0 Å². The third-order valence-corrected chi connectivity index (χ3v) is 4.84. The lowest BCUT2D eigenvalue weighted by atomic mass is 9.92. The van der Waals surface area contributed by atoms with Crippen LogP contribution in [0.5, 0.6) is 0 Å². The van der Waals surface area contributed by atoms with E-state index in [1.807, 2.05) is 30.3 Å². The second-order valence-corrected chi connectivity index (χ2v) is 7.37. The van der Waals surface area contributed by atoms with Crippen LogP contribution in [0, 0.1) is 5.92 Å². The second-order valence-electron chi connectivity index (χ2n) is 6.94. The topological polar surface area (TPSA) is 51.5 Å². The number of rotatable bonds is 7. The maximum atomic E-state index is 13.3. The molecule has 0 saturated heterocycles. The molecule has 1 atom stereocenters. The molecule has 0 spiro atoms. The molecule has 140 valence electrons. The van der Waals surface area contributed by atoms with Gasteiger partial charge in [0.1, 0.15) is 11.3 Å². The Morgan fingerprint density at radius 2 is 1.93 bits per heavy atom. The molecular formula is C21H23BClNO3. The molecule has 0 aliphatic rings. The predicted molar refractivity (Wildman–Crippen MR) is 112 cm³/mol. The summed E-state index contributed by atoms with van der Waals surface area (Å²) in [4.78, 5) is 13.3. The van der Waals surface area contributed by atoms with Crippen LogP contribution in [-0.2, 0) is 11.1 Å². The van der Waals surface area contributed by atoms with Crippen molar-refractivity contribution in [1.82, 2.24) is 5.23 Å². The highest BCUT2D eigenvalue weighted by atomic mass is 35.5. The van der Waals surface area contributed by atoms with Crippen molar-refractivity contribution in [3.05, 3.63) is 80.7 Å². The van der Waals surface area contributed by atoms with Crippen LogP contribution in [0.1, 0.15) is 36.8 Å². The van der Waals surface area contributed by atoms with E-state index in [0.717, 1.165) is 5.56 Å². The van der Waals surface area contributed by atoms with Crippen molar-refractivity contribution in [3.63, 3.8) is 0 Å². The molecule has 2 aromatic carbocycles. The molecule has 1 aromatic heterocycles. The maximum absolute atomic E-state index is 13.3. The molecule has 0 bridgehead atoms. The molecule has 4 nitrogen and oxygen atoms in total. The van der Waals surface area contributed by atoms with Gasteiger partial charge in [0.05, 0.1) is 11.4 Å². The number of halogens is 1. The molecule has 0 saturated carbocycles. The van der Waals surface area contributed by atoms with Crippen LogP contribution in [0.3, 0.4) is 0 Å². The van der Waals surface area contributed by atoms with Crippen molar-refractivity contribution < 1.29 is 9.07 Å². The molecule has 1 unspecified atom stereocenters. The van der Waals surface area contributed by atoms with Crippen LogP contribution in [0.25, 0.3) is 11.0 Å².